The zero-order chi connectivity index (χ0) is 16.1. The van der Waals surface area contributed by atoms with Crippen LogP contribution >= 0.6 is 0 Å². The van der Waals surface area contributed by atoms with Gasteiger partial charge in [-0.15, -0.1) is 0 Å². The molecule has 1 fully saturated rings. The highest BCUT2D eigenvalue weighted by molar-refractivity contribution is 5.97. The van der Waals surface area contributed by atoms with Crippen molar-refractivity contribution < 1.29 is 23.9 Å². The molecule has 0 amide bonds. The average Bonchev–Trinajstić information content (AvgIpc) is 2.97. The van der Waals surface area contributed by atoms with E-state index >= 15 is 0 Å². The number of ether oxygens (including phenoxy) is 2. The monoisotopic (exact) mass is 304 g/mol. The Labute approximate surface area is 129 Å². The quantitative estimate of drug-likeness (QED) is 0.615. The highest BCUT2D eigenvalue weighted by Gasteiger charge is 2.45. The molecule has 0 heterocycles. The van der Waals surface area contributed by atoms with Gasteiger partial charge in [0.2, 0.25) is 0 Å². The Bertz CT molecular complexity index is 535. The second-order valence-corrected chi connectivity index (χ2v) is 5.43. The molecular weight excluding hydrogens is 284 g/mol. The van der Waals surface area contributed by atoms with Crippen molar-refractivity contribution in [2.45, 2.75) is 25.2 Å². The Morgan fingerprint density at radius 1 is 1.09 bits per heavy atom. The molecule has 0 spiro atoms. The maximum atomic E-state index is 12.2. The number of hydrogen-bond acceptors (Lipinski definition) is 5. The van der Waals surface area contributed by atoms with Crippen molar-refractivity contribution >= 4 is 17.7 Å². The van der Waals surface area contributed by atoms with Gasteiger partial charge in [-0.2, -0.15) is 0 Å². The lowest BCUT2D eigenvalue weighted by atomic mass is 9.75. The fourth-order valence-corrected chi connectivity index (χ4v) is 3.20. The predicted molar refractivity (Wildman–Crippen MR) is 79.1 cm³/mol. The summed E-state index contributed by atoms with van der Waals surface area (Å²) < 4.78 is 9.56. The van der Waals surface area contributed by atoms with Gasteiger partial charge in [0.15, 0.2) is 5.92 Å². The van der Waals surface area contributed by atoms with Crippen LogP contribution in [0.25, 0.3) is 0 Å². The first-order valence-corrected chi connectivity index (χ1v) is 7.33. The minimum Gasteiger partial charge on any atom is -0.468 e. The number of esters is 2. The molecule has 1 aromatic rings. The highest BCUT2D eigenvalue weighted by Crippen LogP contribution is 2.40. The van der Waals surface area contributed by atoms with E-state index in [0.29, 0.717) is 12.8 Å². The normalized spacial score (nSPS) is 19.0. The summed E-state index contributed by atoms with van der Waals surface area (Å²) in [5.41, 5.74) is 0.781. The van der Waals surface area contributed by atoms with Crippen LogP contribution in [0.3, 0.4) is 0 Å². The molecule has 2 atom stereocenters. The summed E-state index contributed by atoms with van der Waals surface area (Å²) in [6.45, 7) is 0. The molecule has 5 nitrogen and oxygen atoms in total. The third-order valence-corrected chi connectivity index (χ3v) is 4.24. The summed E-state index contributed by atoms with van der Waals surface area (Å²) in [7, 11) is 2.47. The Kier molecular flexibility index (Phi) is 5.31. The summed E-state index contributed by atoms with van der Waals surface area (Å²) >= 11 is 0. The van der Waals surface area contributed by atoms with Crippen molar-refractivity contribution in [1.82, 2.24) is 0 Å². The van der Waals surface area contributed by atoms with Crippen LogP contribution in [0.15, 0.2) is 30.3 Å². The van der Waals surface area contributed by atoms with Crippen LogP contribution in [-0.4, -0.2) is 31.9 Å². The number of carbonyl (C=O) groups is 3. The topological polar surface area (TPSA) is 69.7 Å². The van der Waals surface area contributed by atoms with Gasteiger partial charge in [0.05, 0.1) is 14.2 Å². The van der Waals surface area contributed by atoms with Gasteiger partial charge < -0.3 is 9.47 Å². The first-order chi connectivity index (χ1) is 10.6. The Morgan fingerprint density at radius 3 is 2.14 bits per heavy atom. The van der Waals surface area contributed by atoms with Gasteiger partial charge in [0.1, 0.15) is 5.78 Å². The smallest absolute Gasteiger partial charge is 0.320 e. The summed E-state index contributed by atoms with van der Waals surface area (Å²) in [5.74, 6) is -3.27. The van der Waals surface area contributed by atoms with E-state index in [1.165, 1.54) is 14.2 Å². The van der Waals surface area contributed by atoms with E-state index in [4.69, 9.17) is 9.47 Å². The molecule has 0 radical (unpaired) electrons. The van der Waals surface area contributed by atoms with E-state index in [0.717, 1.165) is 12.0 Å². The van der Waals surface area contributed by atoms with E-state index in [9.17, 15) is 14.4 Å². The van der Waals surface area contributed by atoms with E-state index in [1.807, 2.05) is 30.3 Å². The lowest BCUT2D eigenvalue weighted by molar-refractivity contribution is -0.160. The SMILES string of the molecule is COC(=O)C(C(=O)OC)[C@@H](c1ccccc1)[C@@H]1CCCC1=O. The van der Waals surface area contributed by atoms with E-state index in [-0.39, 0.29) is 11.7 Å². The number of ketones is 1. The third kappa shape index (κ3) is 3.18. The first kappa shape index (κ1) is 16.2. The number of rotatable bonds is 5. The van der Waals surface area contributed by atoms with Crippen LogP contribution < -0.4 is 0 Å². The maximum absolute atomic E-state index is 12.2. The van der Waals surface area contributed by atoms with Gasteiger partial charge in [-0.1, -0.05) is 30.3 Å². The molecule has 0 bridgehead atoms. The van der Waals surface area contributed by atoms with Crippen molar-refractivity contribution in [3.63, 3.8) is 0 Å². The fourth-order valence-electron chi connectivity index (χ4n) is 3.20. The molecule has 1 aliphatic carbocycles. The molecule has 0 aromatic heterocycles. The van der Waals surface area contributed by atoms with E-state index < -0.39 is 23.8 Å². The molecule has 118 valence electrons. The largest absolute Gasteiger partial charge is 0.468 e. The molecule has 22 heavy (non-hydrogen) atoms. The fraction of sp³-hybridized carbons (Fsp3) is 0.471. The standard InChI is InChI=1S/C17H20O5/c1-21-16(19)15(17(20)22-2)14(11-7-4-3-5-8-11)12-9-6-10-13(12)18/h3-5,7-8,12,14-15H,6,9-10H2,1-2H3/t12-,14+/m1/s1. The molecule has 0 N–H and O–H groups in total. The minimum absolute atomic E-state index is 0.0895. The van der Waals surface area contributed by atoms with Crippen molar-refractivity contribution in [2.24, 2.45) is 11.8 Å². The molecule has 1 aliphatic rings. The molecule has 1 saturated carbocycles. The molecule has 0 unspecified atom stereocenters. The molecule has 0 aliphatic heterocycles. The minimum atomic E-state index is -1.12. The summed E-state index contributed by atoms with van der Waals surface area (Å²) in [5, 5.41) is 0. The molecule has 1 aromatic carbocycles. The second-order valence-electron chi connectivity index (χ2n) is 5.43. The number of methoxy groups -OCH3 is 2. The van der Waals surface area contributed by atoms with Crippen LogP contribution in [0.5, 0.6) is 0 Å². The molecule has 0 saturated heterocycles. The molecule has 2 rings (SSSR count). The zero-order valence-electron chi connectivity index (χ0n) is 12.8. The van der Waals surface area contributed by atoms with E-state index in [1.54, 1.807) is 0 Å². The van der Waals surface area contributed by atoms with Crippen molar-refractivity contribution in [1.29, 1.82) is 0 Å². The number of hydrogen-bond donors (Lipinski definition) is 0. The highest BCUT2D eigenvalue weighted by atomic mass is 16.5. The Hall–Kier alpha value is -2.17. The molecule has 5 heteroatoms. The van der Waals surface area contributed by atoms with Gasteiger partial charge in [-0.25, -0.2) is 0 Å². The zero-order valence-corrected chi connectivity index (χ0v) is 12.8. The van der Waals surface area contributed by atoms with E-state index in [2.05, 4.69) is 0 Å². The van der Waals surface area contributed by atoms with Gasteiger partial charge in [0, 0.05) is 18.3 Å². The predicted octanol–water partition coefficient (Wildman–Crippen LogP) is 2.10. The summed E-state index contributed by atoms with van der Waals surface area (Å²) in [4.78, 5) is 36.5. The van der Waals surface area contributed by atoms with Gasteiger partial charge in [0.25, 0.3) is 0 Å². The molecular formula is C17H20O5. The van der Waals surface area contributed by atoms with Crippen LogP contribution in [0.4, 0.5) is 0 Å². The third-order valence-electron chi connectivity index (χ3n) is 4.24. The van der Waals surface area contributed by atoms with Gasteiger partial charge >= 0.3 is 11.9 Å². The van der Waals surface area contributed by atoms with Gasteiger partial charge in [-0.05, 0) is 18.4 Å². The lowest BCUT2D eigenvalue weighted by Gasteiger charge is -2.28. The maximum Gasteiger partial charge on any atom is 0.320 e. The second kappa shape index (κ2) is 7.20. The number of benzene rings is 1. The first-order valence-electron chi connectivity index (χ1n) is 7.33. The van der Waals surface area contributed by atoms with Crippen molar-refractivity contribution in [3.8, 4) is 0 Å². The van der Waals surface area contributed by atoms with Crippen LogP contribution in [-0.2, 0) is 23.9 Å². The van der Waals surface area contributed by atoms with Crippen molar-refractivity contribution in [3.05, 3.63) is 35.9 Å². The number of carbonyl (C=O) groups excluding carboxylic acids is 3. The Balaban J connectivity index is 2.47. The summed E-state index contributed by atoms with van der Waals surface area (Å²) in [6, 6.07) is 9.16. The van der Waals surface area contributed by atoms with Crippen LogP contribution in [0.2, 0.25) is 0 Å². The summed E-state index contributed by atoms with van der Waals surface area (Å²) in [6.07, 6.45) is 1.94. The lowest BCUT2D eigenvalue weighted by Crippen LogP contribution is -2.37. The average molecular weight is 304 g/mol. The van der Waals surface area contributed by atoms with Crippen molar-refractivity contribution in [2.75, 3.05) is 14.2 Å². The van der Waals surface area contributed by atoms with Crippen LogP contribution in [0.1, 0.15) is 30.7 Å². The van der Waals surface area contributed by atoms with Crippen LogP contribution in [0, 0.1) is 11.8 Å². The Morgan fingerprint density at radius 2 is 1.68 bits per heavy atom. The number of Topliss-reactive ketones (excluding diaryl/α,β-unsaturated/α-hetero) is 1. The van der Waals surface area contributed by atoms with Gasteiger partial charge in [-0.3, -0.25) is 14.4 Å².